The lowest BCUT2D eigenvalue weighted by molar-refractivity contribution is 0.230. The predicted molar refractivity (Wildman–Crippen MR) is 83.1 cm³/mol. The van der Waals surface area contributed by atoms with E-state index in [0.29, 0.717) is 12.1 Å². The van der Waals surface area contributed by atoms with Crippen molar-refractivity contribution in [3.63, 3.8) is 0 Å². The van der Waals surface area contributed by atoms with E-state index >= 15 is 0 Å². The molecule has 1 aromatic rings. The molecule has 1 aliphatic rings. The van der Waals surface area contributed by atoms with Crippen molar-refractivity contribution in [2.75, 3.05) is 38.6 Å². The van der Waals surface area contributed by atoms with Gasteiger partial charge in [-0.25, -0.2) is 0 Å². The van der Waals surface area contributed by atoms with Crippen LogP contribution >= 0.6 is 0 Å². The highest BCUT2D eigenvalue weighted by atomic mass is 15.3. The first kappa shape index (κ1) is 14.4. The summed E-state index contributed by atoms with van der Waals surface area (Å²) in [4.78, 5) is 5.03. The highest BCUT2D eigenvalue weighted by Gasteiger charge is 2.30. The average Bonchev–Trinajstić information content (AvgIpc) is 2.26. The van der Waals surface area contributed by atoms with Gasteiger partial charge in [-0.1, -0.05) is 6.07 Å². The fraction of sp³-hybridized carbons (Fsp3) is 0.625. The molecule has 0 saturated carbocycles. The van der Waals surface area contributed by atoms with Gasteiger partial charge in [0.25, 0.3) is 0 Å². The average molecular weight is 261 g/mol. The summed E-state index contributed by atoms with van der Waals surface area (Å²) in [6.07, 6.45) is 0. The Morgan fingerprint density at radius 1 is 1.16 bits per heavy atom. The highest BCUT2D eigenvalue weighted by molar-refractivity contribution is 5.53. The van der Waals surface area contributed by atoms with Crippen molar-refractivity contribution in [2.24, 2.45) is 0 Å². The Morgan fingerprint density at radius 3 is 2.37 bits per heavy atom. The summed E-state index contributed by atoms with van der Waals surface area (Å²) in [6.45, 7) is 9.98. The van der Waals surface area contributed by atoms with Crippen molar-refractivity contribution in [3.8, 4) is 0 Å². The van der Waals surface area contributed by atoms with Crippen LogP contribution in [0.5, 0.6) is 0 Å². The third-order valence-corrected chi connectivity index (χ3v) is 3.91. The third-order valence-electron chi connectivity index (χ3n) is 3.91. The summed E-state index contributed by atoms with van der Waals surface area (Å²) in [5.41, 5.74) is 4.08. The van der Waals surface area contributed by atoms with E-state index in [-0.39, 0.29) is 0 Å². The second-order valence-corrected chi connectivity index (χ2v) is 6.03. The molecule has 1 N–H and O–H groups in total. The largest absolute Gasteiger partial charge is 0.362 e. The van der Waals surface area contributed by atoms with E-state index in [1.54, 1.807) is 0 Å². The normalized spacial score (nSPS) is 24.8. The highest BCUT2D eigenvalue weighted by Crippen LogP contribution is 2.26. The van der Waals surface area contributed by atoms with Crippen molar-refractivity contribution in [1.29, 1.82) is 0 Å². The summed E-state index contributed by atoms with van der Waals surface area (Å²) < 4.78 is 0. The molecule has 0 aromatic heterocycles. The number of piperazine rings is 1. The van der Waals surface area contributed by atoms with Gasteiger partial charge < -0.3 is 15.1 Å². The van der Waals surface area contributed by atoms with Gasteiger partial charge in [-0.05, 0) is 58.1 Å². The molecular weight excluding hydrogens is 234 g/mol. The fourth-order valence-corrected chi connectivity index (χ4v) is 3.38. The monoisotopic (exact) mass is 261 g/mol. The molecule has 3 heteroatoms. The van der Waals surface area contributed by atoms with Crippen molar-refractivity contribution in [3.05, 3.63) is 29.3 Å². The first-order chi connectivity index (χ1) is 9.01. The van der Waals surface area contributed by atoms with Crippen molar-refractivity contribution in [2.45, 2.75) is 32.9 Å². The standard InChI is InChI=1S/C16H27N3/c1-12-6-13(2)8-15(7-12)19-14(3)10-18(5)11-16(19)9-17-4/h6-8,14,16-17H,9-11H2,1-5H3. The number of hydrogen-bond donors (Lipinski definition) is 1. The molecule has 2 atom stereocenters. The molecule has 1 aliphatic heterocycles. The molecule has 0 spiro atoms. The van der Waals surface area contributed by atoms with Crippen molar-refractivity contribution < 1.29 is 0 Å². The molecule has 106 valence electrons. The summed E-state index contributed by atoms with van der Waals surface area (Å²) >= 11 is 0. The number of rotatable bonds is 3. The molecule has 3 nitrogen and oxygen atoms in total. The van der Waals surface area contributed by atoms with Gasteiger partial charge in [-0.15, -0.1) is 0 Å². The van der Waals surface area contributed by atoms with Crippen LogP contribution in [0.15, 0.2) is 18.2 Å². The van der Waals surface area contributed by atoms with Gasteiger partial charge >= 0.3 is 0 Å². The summed E-state index contributed by atoms with van der Waals surface area (Å²) in [5.74, 6) is 0. The SMILES string of the molecule is CNCC1CN(C)CC(C)N1c1cc(C)cc(C)c1. The molecule has 1 heterocycles. The quantitative estimate of drug-likeness (QED) is 0.898. The lowest BCUT2D eigenvalue weighted by Crippen LogP contribution is -2.59. The maximum absolute atomic E-state index is 3.34. The molecule has 0 radical (unpaired) electrons. The first-order valence-electron chi connectivity index (χ1n) is 7.21. The Kier molecular flexibility index (Phi) is 4.48. The van der Waals surface area contributed by atoms with Gasteiger partial charge in [0.2, 0.25) is 0 Å². The van der Waals surface area contributed by atoms with Crippen molar-refractivity contribution in [1.82, 2.24) is 10.2 Å². The zero-order chi connectivity index (χ0) is 14.0. The Morgan fingerprint density at radius 2 is 1.79 bits per heavy atom. The van der Waals surface area contributed by atoms with Gasteiger partial charge in [0, 0.05) is 31.4 Å². The topological polar surface area (TPSA) is 18.5 Å². The second kappa shape index (κ2) is 5.93. The van der Waals surface area contributed by atoms with Gasteiger partial charge in [0.15, 0.2) is 0 Å². The zero-order valence-corrected chi connectivity index (χ0v) is 12.9. The molecule has 2 rings (SSSR count). The van der Waals surface area contributed by atoms with Crippen LogP contribution in [0.4, 0.5) is 5.69 Å². The number of benzene rings is 1. The van der Waals surface area contributed by atoms with Gasteiger partial charge in [0.1, 0.15) is 0 Å². The van der Waals surface area contributed by atoms with Crippen molar-refractivity contribution >= 4 is 5.69 Å². The summed E-state index contributed by atoms with van der Waals surface area (Å²) in [6, 6.07) is 7.98. The lowest BCUT2D eigenvalue weighted by atomic mass is 10.0. The molecule has 1 aromatic carbocycles. The maximum Gasteiger partial charge on any atom is 0.0544 e. The van der Waals surface area contributed by atoms with E-state index in [1.807, 2.05) is 7.05 Å². The minimum Gasteiger partial charge on any atom is -0.362 e. The Labute approximate surface area is 117 Å². The smallest absolute Gasteiger partial charge is 0.0544 e. The second-order valence-electron chi connectivity index (χ2n) is 6.03. The first-order valence-corrected chi connectivity index (χ1v) is 7.21. The number of anilines is 1. The molecule has 2 unspecified atom stereocenters. The molecular formula is C16H27N3. The van der Waals surface area contributed by atoms with Crippen LogP contribution in [0.2, 0.25) is 0 Å². The van der Waals surface area contributed by atoms with Crippen LogP contribution in [-0.4, -0.2) is 50.7 Å². The van der Waals surface area contributed by atoms with Crippen LogP contribution in [0.3, 0.4) is 0 Å². The van der Waals surface area contributed by atoms with E-state index in [1.165, 1.54) is 16.8 Å². The van der Waals surface area contributed by atoms with E-state index in [0.717, 1.165) is 19.6 Å². The Bertz CT molecular complexity index is 410. The Balaban J connectivity index is 2.32. The van der Waals surface area contributed by atoms with Crippen LogP contribution in [0.1, 0.15) is 18.1 Å². The van der Waals surface area contributed by atoms with Crippen LogP contribution in [-0.2, 0) is 0 Å². The van der Waals surface area contributed by atoms with E-state index in [2.05, 4.69) is 61.1 Å². The minimum absolute atomic E-state index is 0.542. The van der Waals surface area contributed by atoms with Crippen LogP contribution < -0.4 is 10.2 Å². The number of likely N-dealkylation sites (N-methyl/N-ethyl adjacent to an activating group) is 2. The van der Waals surface area contributed by atoms with Crippen LogP contribution in [0, 0.1) is 13.8 Å². The molecule has 19 heavy (non-hydrogen) atoms. The van der Waals surface area contributed by atoms with E-state index in [9.17, 15) is 0 Å². The number of nitrogens with one attached hydrogen (secondary N) is 1. The van der Waals surface area contributed by atoms with Crippen LogP contribution in [0.25, 0.3) is 0 Å². The van der Waals surface area contributed by atoms with Gasteiger partial charge in [-0.2, -0.15) is 0 Å². The zero-order valence-electron chi connectivity index (χ0n) is 12.9. The lowest BCUT2D eigenvalue weighted by Gasteiger charge is -2.46. The molecule has 0 bridgehead atoms. The predicted octanol–water partition coefficient (Wildman–Crippen LogP) is 2.03. The molecule has 1 saturated heterocycles. The number of hydrogen-bond acceptors (Lipinski definition) is 3. The number of aryl methyl sites for hydroxylation is 2. The maximum atomic E-state index is 3.34. The summed E-state index contributed by atoms with van der Waals surface area (Å²) in [7, 11) is 4.26. The summed E-state index contributed by atoms with van der Waals surface area (Å²) in [5, 5.41) is 3.34. The molecule has 0 amide bonds. The number of nitrogens with zero attached hydrogens (tertiary/aromatic N) is 2. The fourth-order valence-electron chi connectivity index (χ4n) is 3.38. The molecule has 0 aliphatic carbocycles. The van der Waals surface area contributed by atoms with Gasteiger partial charge in [-0.3, -0.25) is 0 Å². The minimum atomic E-state index is 0.542. The Hall–Kier alpha value is -1.06. The third kappa shape index (κ3) is 3.28. The molecule has 1 fully saturated rings. The van der Waals surface area contributed by atoms with E-state index < -0.39 is 0 Å². The van der Waals surface area contributed by atoms with Gasteiger partial charge in [0.05, 0.1) is 6.04 Å². The van der Waals surface area contributed by atoms with E-state index in [4.69, 9.17) is 0 Å².